The van der Waals surface area contributed by atoms with Crippen molar-refractivity contribution in [3.63, 3.8) is 0 Å². The summed E-state index contributed by atoms with van der Waals surface area (Å²) in [6.07, 6.45) is -0.169. The summed E-state index contributed by atoms with van der Waals surface area (Å²) in [5.74, 6) is 0.265. The van der Waals surface area contributed by atoms with E-state index in [9.17, 15) is 8.42 Å². The van der Waals surface area contributed by atoms with Crippen molar-refractivity contribution in [1.29, 1.82) is 0 Å². The van der Waals surface area contributed by atoms with Crippen LogP contribution in [0, 0.1) is 0 Å². The molecule has 62 valence electrons. The van der Waals surface area contributed by atoms with E-state index >= 15 is 0 Å². The molecule has 0 heterocycles. The molecule has 0 radical (unpaired) electrons. The minimum atomic E-state index is -2.87. The SMILES string of the molecule is CCS(=O)(=O)CCC(C)O. The van der Waals surface area contributed by atoms with Gasteiger partial charge >= 0.3 is 0 Å². The summed E-state index contributed by atoms with van der Waals surface area (Å²) in [7, 11) is -2.87. The second-order valence-electron chi connectivity index (χ2n) is 2.37. The van der Waals surface area contributed by atoms with E-state index in [0.717, 1.165) is 0 Å². The van der Waals surface area contributed by atoms with Gasteiger partial charge in [0.15, 0.2) is 0 Å². The molecule has 0 aromatic rings. The highest BCUT2D eigenvalue weighted by Crippen LogP contribution is 1.96. The van der Waals surface area contributed by atoms with E-state index in [1.807, 2.05) is 0 Å². The molecule has 0 aliphatic rings. The number of aliphatic hydroxyl groups excluding tert-OH is 1. The highest BCUT2D eigenvalue weighted by Gasteiger charge is 2.08. The van der Waals surface area contributed by atoms with E-state index in [2.05, 4.69) is 0 Å². The fourth-order valence-electron chi connectivity index (χ4n) is 0.494. The minimum absolute atomic E-state index is 0.0984. The van der Waals surface area contributed by atoms with E-state index in [1.54, 1.807) is 13.8 Å². The van der Waals surface area contributed by atoms with Crippen LogP contribution in [0.3, 0.4) is 0 Å². The summed E-state index contributed by atoms with van der Waals surface area (Å²) < 4.78 is 21.6. The molecule has 0 aliphatic heterocycles. The van der Waals surface area contributed by atoms with E-state index in [1.165, 1.54) is 0 Å². The average Bonchev–Trinajstić information content (AvgIpc) is 1.85. The van der Waals surface area contributed by atoms with E-state index in [-0.39, 0.29) is 11.5 Å². The lowest BCUT2D eigenvalue weighted by Gasteiger charge is -2.02. The molecule has 0 saturated carbocycles. The lowest BCUT2D eigenvalue weighted by molar-refractivity contribution is 0.191. The molecule has 0 rings (SSSR count). The van der Waals surface area contributed by atoms with Crippen LogP contribution in [0.4, 0.5) is 0 Å². The second-order valence-corrected chi connectivity index (χ2v) is 4.85. The van der Waals surface area contributed by atoms with Gasteiger partial charge in [-0.05, 0) is 13.3 Å². The number of sulfone groups is 1. The molecule has 3 nitrogen and oxygen atoms in total. The third-order valence-corrected chi connectivity index (χ3v) is 3.02. The Kier molecular flexibility index (Phi) is 3.89. The Balaban J connectivity index is 3.70. The normalized spacial score (nSPS) is 15.1. The molecule has 1 N–H and O–H groups in total. The fourth-order valence-corrected chi connectivity index (χ4v) is 1.48. The molecule has 0 aromatic heterocycles. The molecule has 0 bridgehead atoms. The second kappa shape index (κ2) is 3.93. The Hall–Kier alpha value is -0.0900. The van der Waals surface area contributed by atoms with Crippen molar-refractivity contribution in [3.05, 3.63) is 0 Å². The molecule has 10 heavy (non-hydrogen) atoms. The molecule has 0 spiro atoms. The number of rotatable bonds is 4. The molecule has 0 amide bonds. The zero-order chi connectivity index (χ0) is 8.20. The first-order valence-corrected chi connectivity index (χ1v) is 5.18. The average molecular weight is 166 g/mol. The predicted molar refractivity (Wildman–Crippen MR) is 40.6 cm³/mol. The third kappa shape index (κ3) is 4.76. The zero-order valence-electron chi connectivity index (χ0n) is 6.37. The first-order chi connectivity index (χ1) is 4.48. The maximum Gasteiger partial charge on any atom is 0.150 e. The van der Waals surface area contributed by atoms with Gasteiger partial charge in [-0.2, -0.15) is 0 Å². The summed E-state index contributed by atoms with van der Waals surface area (Å²) >= 11 is 0. The van der Waals surface area contributed by atoms with Crippen LogP contribution < -0.4 is 0 Å². The smallest absolute Gasteiger partial charge is 0.150 e. The molecule has 0 fully saturated rings. The molecule has 0 aromatic carbocycles. The van der Waals surface area contributed by atoms with E-state index in [4.69, 9.17) is 5.11 Å². The summed E-state index contributed by atoms with van der Waals surface area (Å²) in [4.78, 5) is 0. The molecule has 0 saturated heterocycles. The molecule has 1 atom stereocenters. The van der Waals surface area contributed by atoms with Gasteiger partial charge in [0.2, 0.25) is 0 Å². The van der Waals surface area contributed by atoms with Crippen LogP contribution in [-0.4, -0.2) is 31.1 Å². The molecule has 0 aliphatic carbocycles. The van der Waals surface area contributed by atoms with Crippen molar-refractivity contribution in [1.82, 2.24) is 0 Å². The van der Waals surface area contributed by atoms with Gasteiger partial charge in [0.05, 0.1) is 11.9 Å². The van der Waals surface area contributed by atoms with Gasteiger partial charge in [0, 0.05) is 5.75 Å². The quantitative estimate of drug-likeness (QED) is 0.648. The largest absolute Gasteiger partial charge is 0.393 e. The number of aliphatic hydroxyl groups is 1. The highest BCUT2D eigenvalue weighted by atomic mass is 32.2. The van der Waals surface area contributed by atoms with Gasteiger partial charge in [0.25, 0.3) is 0 Å². The highest BCUT2D eigenvalue weighted by molar-refractivity contribution is 7.91. The van der Waals surface area contributed by atoms with Crippen LogP contribution in [0.2, 0.25) is 0 Å². The van der Waals surface area contributed by atoms with Crippen molar-refractivity contribution in [2.75, 3.05) is 11.5 Å². The Labute approximate surface area is 62.0 Å². The lowest BCUT2D eigenvalue weighted by atomic mass is 10.3. The third-order valence-electron chi connectivity index (χ3n) is 1.29. The van der Waals surface area contributed by atoms with Crippen molar-refractivity contribution >= 4 is 9.84 Å². The van der Waals surface area contributed by atoms with Crippen LogP contribution in [0.25, 0.3) is 0 Å². The molecule has 1 unspecified atom stereocenters. The first kappa shape index (κ1) is 9.91. The number of hydrogen-bond acceptors (Lipinski definition) is 3. The van der Waals surface area contributed by atoms with Gasteiger partial charge in [-0.25, -0.2) is 8.42 Å². The number of hydrogen-bond donors (Lipinski definition) is 1. The maximum atomic E-state index is 10.8. The van der Waals surface area contributed by atoms with E-state index < -0.39 is 15.9 Å². The topological polar surface area (TPSA) is 54.4 Å². The Morgan fingerprint density at radius 3 is 2.30 bits per heavy atom. The Bertz CT molecular complexity index is 169. The summed E-state index contributed by atoms with van der Waals surface area (Å²) in [5.41, 5.74) is 0. The van der Waals surface area contributed by atoms with Crippen molar-refractivity contribution in [3.8, 4) is 0 Å². The predicted octanol–water partition coefficient (Wildman–Crippen LogP) is 0.192. The molecular formula is C6H14O3S. The first-order valence-electron chi connectivity index (χ1n) is 3.36. The summed E-state index contributed by atoms with van der Waals surface area (Å²) in [5, 5.41) is 8.75. The van der Waals surface area contributed by atoms with Crippen LogP contribution in [0.15, 0.2) is 0 Å². The summed E-state index contributed by atoms with van der Waals surface area (Å²) in [6.45, 7) is 3.20. The van der Waals surface area contributed by atoms with Gasteiger partial charge < -0.3 is 5.11 Å². The van der Waals surface area contributed by atoms with Crippen LogP contribution in [-0.2, 0) is 9.84 Å². The zero-order valence-corrected chi connectivity index (χ0v) is 7.19. The van der Waals surface area contributed by atoms with Crippen LogP contribution >= 0.6 is 0 Å². The van der Waals surface area contributed by atoms with Crippen LogP contribution in [0.1, 0.15) is 20.3 Å². The Morgan fingerprint density at radius 2 is 2.00 bits per heavy atom. The maximum absolute atomic E-state index is 10.8. The van der Waals surface area contributed by atoms with Crippen LogP contribution in [0.5, 0.6) is 0 Å². The van der Waals surface area contributed by atoms with Gasteiger partial charge in [-0.3, -0.25) is 0 Å². The fraction of sp³-hybridized carbons (Fsp3) is 1.00. The van der Waals surface area contributed by atoms with Crippen molar-refractivity contribution in [2.45, 2.75) is 26.4 Å². The molecule has 4 heteroatoms. The van der Waals surface area contributed by atoms with Crippen molar-refractivity contribution in [2.24, 2.45) is 0 Å². The minimum Gasteiger partial charge on any atom is -0.393 e. The van der Waals surface area contributed by atoms with Gasteiger partial charge in [0.1, 0.15) is 9.84 Å². The van der Waals surface area contributed by atoms with Gasteiger partial charge in [-0.1, -0.05) is 6.92 Å². The lowest BCUT2D eigenvalue weighted by Crippen LogP contribution is -2.13. The van der Waals surface area contributed by atoms with Crippen molar-refractivity contribution < 1.29 is 13.5 Å². The summed E-state index contributed by atoms with van der Waals surface area (Å²) in [6, 6.07) is 0. The van der Waals surface area contributed by atoms with Gasteiger partial charge in [-0.15, -0.1) is 0 Å². The molecular weight excluding hydrogens is 152 g/mol. The van der Waals surface area contributed by atoms with E-state index in [0.29, 0.717) is 6.42 Å². The monoisotopic (exact) mass is 166 g/mol. The Morgan fingerprint density at radius 1 is 1.50 bits per heavy atom. The standard InChI is InChI=1S/C6H14O3S/c1-3-10(8,9)5-4-6(2)7/h6-7H,3-5H2,1-2H3.